The van der Waals surface area contributed by atoms with E-state index in [9.17, 15) is 9.59 Å². The lowest BCUT2D eigenvalue weighted by Crippen LogP contribution is -1.88. The maximum Gasteiger partial charge on any atom is 0.253 e. The molecule has 0 radical (unpaired) electrons. The van der Waals surface area contributed by atoms with Crippen LogP contribution >= 0.6 is 22.9 Å². The van der Waals surface area contributed by atoms with Crippen molar-refractivity contribution in [3.8, 4) is 0 Å². The second-order valence-electron chi connectivity index (χ2n) is 1.59. The predicted molar refractivity (Wildman–Crippen MR) is 39.9 cm³/mol. The Labute approximate surface area is 66.4 Å². The molecule has 1 aromatic rings. The fraction of sp³-hybridized carbons (Fsp3) is 0. The first-order valence-electron chi connectivity index (χ1n) is 2.48. The molecule has 52 valence electrons. The van der Waals surface area contributed by atoms with Gasteiger partial charge in [0.25, 0.3) is 5.24 Å². The summed E-state index contributed by atoms with van der Waals surface area (Å²) in [5, 5.41) is 1.07. The Kier molecular flexibility index (Phi) is 2.19. The molecular formula is C6H3ClO2S. The third-order valence-electron chi connectivity index (χ3n) is 1.01. The SMILES string of the molecule is O=Cc1sccc1C(=O)Cl. The van der Waals surface area contributed by atoms with Gasteiger partial charge in [-0.05, 0) is 23.0 Å². The lowest BCUT2D eigenvalue weighted by molar-refractivity contribution is 0.106. The molecule has 0 fully saturated rings. The van der Waals surface area contributed by atoms with Crippen LogP contribution in [0.1, 0.15) is 20.0 Å². The third-order valence-corrected chi connectivity index (χ3v) is 2.06. The summed E-state index contributed by atoms with van der Waals surface area (Å²) in [6.45, 7) is 0. The molecule has 0 N–H and O–H groups in total. The molecule has 10 heavy (non-hydrogen) atoms. The molecule has 0 aliphatic rings. The molecule has 0 bridgehead atoms. The fourth-order valence-electron chi connectivity index (χ4n) is 0.575. The molecule has 0 unspecified atom stereocenters. The summed E-state index contributed by atoms with van der Waals surface area (Å²) < 4.78 is 0. The van der Waals surface area contributed by atoms with Gasteiger partial charge in [0.1, 0.15) is 0 Å². The predicted octanol–water partition coefficient (Wildman–Crippen LogP) is 1.94. The summed E-state index contributed by atoms with van der Waals surface area (Å²) in [7, 11) is 0. The van der Waals surface area contributed by atoms with Gasteiger partial charge in [0.15, 0.2) is 6.29 Å². The minimum absolute atomic E-state index is 0.293. The van der Waals surface area contributed by atoms with E-state index in [0.717, 1.165) is 0 Å². The zero-order chi connectivity index (χ0) is 7.56. The van der Waals surface area contributed by atoms with Crippen LogP contribution < -0.4 is 0 Å². The molecular weight excluding hydrogens is 172 g/mol. The van der Waals surface area contributed by atoms with Crippen LogP contribution in [0.15, 0.2) is 11.4 Å². The van der Waals surface area contributed by atoms with E-state index in [1.807, 2.05) is 0 Å². The Bertz CT molecular complexity index is 266. The number of halogens is 1. The maximum atomic E-state index is 10.5. The van der Waals surface area contributed by atoms with Crippen molar-refractivity contribution in [2.45, 2.75) is 0 Å². The Morgan fingerprint density at radius 1 is 1.70 bits per heavy atom. The Hall–Kier alpha value is -0.670. The van der Waals surface area contributed by atoms with E-state index in [2.05, 4.69) is 0 Å². The number of hydrogen-bond acceptors (Lipinski definition) is 3. The first kappa shape index (κ1) is 7.44. The topological polar surface area (TPSA) is 34.1 Å². The molecule has 1 aromatic heterocycles. The lowest BCUT2D eigenvalue weighted by Gasteiger charge is -1.84. The first-order valence-corrected chi connectivity index (χ1v) is 3.74. The van der Waals surface area contributed by atoms with Crippen molar-refractivity contribution in [3.63, 3.8) is 0 Å². The molecule has 1 heterocycles. The van der Waals surface area contributed by atoms with Gasteiger partial charge < -0.3 is 0 Å². The molecule has 1 rings (SSSR count). The highest BCUT2D eigenvalue weighted by molar-refractivity contribution is 7.12. The number of hydrogen-bond donors (Lipinski definition) is 0. The maximum absolute atomic E-state index is 10.5. The van der Waals surface area contributed by atoms with Gasteiger partial charge in [-0.2, -0.15) is 0 Å². The van der Waals surface area contributed by atoms with Crippen LogP contribution in [0.5, 0.6) is 0 Å². The molecule has 0 aliphatic carbocycles. The lowest BCUT2D eigenvalue weighted by atomic mass is 10.3. The van der Waals surface area contributed by atoms with Gasteiger partial charge in [0.05, 0.1) is 10.4 Å². The zero-order valence-electron chi connectivity index (χ0n) is 4.83. The van der Waals surface area contributed by atoms with Gasteiger partial charge in [-0.1, -0.05) is 0 Å². The molecule has 4 heteroatoms. The van der Waals surface area contributed by atoms with Gasteiger partial charge in [0, 0.05) is 0 Å². The Morgan fingerprint density at radius 3 is 2.80 bits per heavy atom. The second kappa shape index (κ2) is 2.94. The minimum atomic E-state index is -0.580. The standard InChI is InChI=1S/C6H3ClO2S/c7-6(9)4-1-2-10-5(4)3-8/h1-3H. The third kappa shape index (κ3) is 1.25. The number of aldehydes is 1. The highest BCUT2D eigenvalue weighted by Gasteiger charge is 2.08. The van der Waals surface area contributed by atoms with Gasteiger partial charge in [-0.3, -0.25) is 9.59 Å². The van der Waals surface area contributed by atoms with Crippen molar-refractivity contribution in [1.29, 1.82) is 0 Å². The van der Waals surface area contributed by atoms with Crippen molar-refractivity contribution in [2.75, 3.05) is 0 Å². The van der Waals surface area contributed by atoms with E-state index in [-0.39, 0.29) is 0 Å². The fourth-order valence-corrected chi connectivity index (χ4v) is 1.49. The monoisotopic (exact) mass is 174 g/mol. The Balaban J connectivity index is 3.13. The van der Waals surface area contributed by atoms with Crippen LogP contribution in [0.4, 0.5) is 0 Å². The molecule has 0 spiro atoms. The van der Waals surface area contributed by atoms with Gasteiger partial charge in [0.2, 0.25) is 0 Å². The van der Waals surface area contributed by atoms with E-state index in [0.29, 0.717) is 16.7 Å². The van der Waals surface area contributed by atoms with Crippen LogP contribution in [0.3, 0.4) is 0 Å². The van der Waals surface area contributed by atoms with Crippen molar-refractivity contribution in [1.82, 2.24) is 0 Å². The second-order valence-corrected chi connectivity index (χ2v) is 2.88. The molecule has 0 saturated heterocycles. The van der Waals surface area contributed by atoms with Gasteiger partial charge in [-0.15, -0.1) is 11.3 Å². The molecule has 0 aromatic carbocycles. The van der Waals surface area contributed by atoms with Gasteiger partial charge in [-0.25, -0.2) is 0 Å². The number of carbonyl (C=O) groups is 2. The number of carbonyl (C=O) groups excluding carboxylic acids is 2. The van der Waals surface area contributed by atoms with Crippen LogP contribution in [-0.4, -0.2) is 11.5 Å². The van der Waals surface area contributed by atoms with E-state index >= 15 is 0 Å². The Morgan fingerprint density at radius 2 is 2.40 bits per heavy atom. The van der Waals surface area contributed by atoms with Crippen molar-refractivity contribution in [2.24, 2.45) is 0 Å². The highest BCUT2D eigenvalue weighted by Crippen LogP contribution is 2.15. The normalized spacial score (nSPS) is 9.30. The summed E-state index contributed by atoms with van der Waals surface area (Å²) >= 11 is 6.34. The summed E-state index contributed by atoms with van der Waals surface area (Å²) in [6, 6.07) is 1.53. The van der Waals surface area contributed by atoms with E-state index < -0.39 is 5.24 Å². The summed E-state index contributed by atoms with van der Waals surface area (Å²) in [4.78, 5) is 21.1. The van der Waals surface area contributed by atoms with Crippen LogP contribution in [0.25, 0.3) is 0 Å². The average Bonchev–Trinajstić information content (AvgIpc) is 2.33. The molecule has 0 amide bonds. The summed E-state index contributed by atoms with van der Waals surface area (Å²) in [6.07, 6.45) is 0.625. The van der Waals surface area contributed by atoms with Crippen molar-refractivity contribution < 1.29 is 9.59 Å². The molecule has 0 saturated carbocycles. The van der Waals surface area contributed by atoms with E-state index in [4.69, 9.17) is 11.6 Å². The van der Waals surface area contributed by atoms with Crippen LogP contribution in [0, 0.1) is 0 Å². The van der Waals surface area contributed by atoms with Gasteiger partial charge >= 0.3 is 0 Å². The first-order chi connectivity index (χ1) is 4.75. The zero-order valence-corrected chi connectivity index (χ0v) is 6.41. The van der Waals surface area contributed by atoms with Crippen LogP contribution in [-0.2, 0) is 0 Å². The molecule has 2 nitrogen and oxygen atoms in total. The number of thiophene rings is 1. The smallest absolute Gasteiger partial charge is 0.253 e. The highest BCUT2D eigenvalue weighted by atomic mass is 35.5. The van der Waals surface area contributed by atoms with Crippen LogP contribution in [0.2, 0.25) is 0 Å². The largest absolute Gasteiger partial charge is 0.297 e. The van der Waals surface area contributed by atoms with Crippen molar-refractivity contribution >= 4 is 34.5 Å². The quantitative estimate of drug-likeness (QED) is 0.507. The van der Waals surface area contributed by atoms with E-state index in [1.54, 1.807) is 5.38 Å². The summed E-state index contributed by atoms with van der Waals surface area (Å²) in [5.74, 6) is 0. The number of rotatable bonds is 2. The summed E-state index contributed by atoms with van der Waals surface area (Å²) in [5.41, 5.74) is 0.293. The minimum Gasteiger partial charge on any atom is -0.297 e. The molecule has 0 aliphatic heterocycles. The van der Waals surface area contributed by atoms with E-state index in [1.165, 1.54) is 17.4 Å². The molecule has 0 atom stereocenters. The average molecular weight is 175 g/mol. The van der Waals surface area contributed by atoms with Crippen molar-refractivity contribution in [3.05, 3.63) is 21.9 Å².